The molecular formula is C35H46N6O6. The monoisotopic (exact) mass is 646 g/mol. The second-order valence-corrected chi connectivity index (χ2v) is 11.8. The SMILES string of the molecule is C=CCOC(=O)NC[C@@H](Cc1c[nH]c2ccccc12)NC(=O)OC(C)(C)C.C=CCOC(=O)NC[C@H](N)Cc1c[nH]c2ccccc12. The summed E-state index contributed by atoms with van der Waals surface area (Å²) in [5, 5.41) is 10.3. The lowest BCUT2D eigenvalue weighted by Crippen LogP contribution is -2.46. The lowest BCUT2D eigenvalue weighted by molar-refractivity contribution is 0.0502. The van der Waals surface area contributed by atoms with E-state index in [1.54, 1.807) is 20.8 Å². The number of nitrogens with one attached hydrogen (secondary N) is 5. The number of aromatic amines is 2. The molecule has 0 fully saturated rings. The summed E-state index contributed by atoms with van der Waals surface area (Å²) in [6.07, 6.45) is 6.51. The minimum absolute atomic E-state index is 0.123. The topological polar surface area (TPSA) is 173 Å². The number of rotatable bonds is 13. The highest BCUT2D eigenvalue weighted by Crippen LogP contribution is 2.20. The van der Waals surface area contributed by atoms with Crippen LogP contribution in [-0.4, -0.2) is 72.2 Å². The van der Waals surface area contributed by atoms with E-state index in [-0.39, 0.29) is 31.8 Å². The average Bonchev–Trinajstić information content (AvgIpc) is 3.64. The molecule has 12 heteroatoms. The molecule has 0 saturated heterocycles. The van der Waals surface area contributed by atoms with Crippen LogP contribution in [0, 0.1) is 0 Å². The number of aromatic nitrogens is 2. The summed E-state index contributed by atoms with van der Waals surface area (Å²) in [6, 6.07) is 15.4. The second-order valence-electron chi connectivity index (χ2n) is 11.8. The minimum Gasteiger partial charge on any atom is -0.445 e. The molecule has 0 bridgehead atoms. The molecule has 2 aromatic heterocycles. The van der Waals surface area contributed by atoms with Crippen LogP contribution in [0.4, 0.5) is 14.4 Å². The van der Waals surface area contributed by atoms with Gasteiger partial charge in [-0.25, -0.2) is 14.4 Å². The number of carbonyl (C=O) groups is 3. The van der Waals surface area contributed by atoms with Crippen molar-refractivity contribution in [2.45, 2.75) is 51.3 Å². The number of nitrogens with two attached hydrogens (primary N) is 1. The molecule has 47 heavy (non-hydrogen) atoms. The first-order valence-corrected chi connectivity index (χ1v) is 15.4. The molecule has 0 saturated carbocycles. The molecule has 4 aromatic rings. The van der Waals surface area contributed by atoms with E-state index >= 15 is 0 Å². The number of benzene rings is 2. The Morgan fingerprint density at radius 3 is 1.79 bits per heavy atom. The Labute approximate surface area is 275 Å². The number of carbonyl (C=O) groups excluding carboxylic acids is 3. The van der Waals surface area contributed by atoms with Crippen LogP contribution in [-0.2, 0) is 27.1 Å². The normalized spacial score (nSPS) is 12.2. The van der Waals surface area contributed by atoms with Crippen molar-refractivity contribution in [1.82, 2.24) is 25.9 Å². The Bertz CT molecular complexity index is 1620. The van der Waals surface area contributed by atoms with Gasteiger partial charge in [-0.1, -0.05) is 61.7 Å². The maximum atomic E-state index is 12.2. The van der Waals surface area contributed by atoms with Crippen LogP contribution in [0.2, 0.25) is 0 Å². The van der Waals surface area contributed by atoms with Gasteiger partial charge < -0.3 is 45.9 Å². The van der Waals surface area contributed by atoms with Gasteiger partial charge in [0, 0.05) is 53.3 Å². The van der Waals surface area contributed by atoms with Crippen molar-refractivity contribution in [2.75, 3.05) is 26.3 Å². The molecule has 2 aromatic carbocycles. The number of para-hydroxylation sites is 2. The van der Waals surface area contributed by atoms with Crippen LogP contribution in [0.3, 0.4) is 0 Å². The summed E-state index contributed by atoms with van der Waals surface area (Å²) in [4.78, 5) is 41.6. The second kappa shape index (κ2) is 18.1. The first-order valence-electron chi connectivity index (χ1n) is 15.4. The van der Waals surface area contributed by atoms with E-state index in [2.05, 4.69) is 45.1 Å². The maximum Gasteiger partial charge on any atom is 0.407 e. The van der Waals surface area contributed by atoms with Gasteiger partial charge in [0.25, 0.3) is 0 Å². The van der Waals surface area contributed by atoms with Crippen LogP contribution >= 0.6 is 0 Å². The van der Waals surface area contributed by atoms with Crippen molar-refractivity contribution >= 4 is 40.1 Å². The number of alkyl carbamates (subject to hydrolysis) is 3. The van der Waals surface area contributed by atoms with Gasteiger partial charge in [0.2, 0.25) is 0 Å². The average molecular weight is 647 g/mol. The predicted octanol–water partition coefficient (Wildman–Crippen LogP) is 5.47. The van der Waals surface area contributed by atoms with Crippen LogP contribution < -0.4 is 21.7 Å². The Kier molecular flexibility index (Phi) is 13.9. The third-order valence-corrected chi connectivity index (χ3v) is 6.69. The molecule has 4 rings (SSSR count). The first kappa shape index (κ1) is 36.2. The maximum absolute atomic E-state index is 12.2. The fraction of sp³-hybridized carbons (Fsp3) is 0.343. The van der Waals surface area contributed by atoms with Crippen molar-refractivity contribution in [1.29, 1.82) is 0 Å². The molecule has 0 unspecified atom stereocenters. The van der Waals surface area contributed by atoms with Gasteiger partial charge >= 0.3 is 18.3 Å². The van der Waals surface area contributed by atoms with Gasteiger partial charge in [-0.3, -0.25) is 0 Å². The van der Waals surface area contributed by atoms with E-state index in [1.807, 2.05) is 54.9 Å². The zero-order valence-corrected chi connectivity index (χ0v) is 27.3. The van der Waals surface area contributed by atoms with Gasteiger partial charge in [0.1, 0.15) is 18.8 Å². The minimum atomic E-state index is -0.605. The van der Waals surface area contributed by atoms with Gasteiger partial charge in [0.15, 0.2) is 0 Å². The fourth-order valence-corrected chi connectivity index (χ4v) is 4.66. The molecule has 3 amide bonds. The lowest BCUT2D eigenvalue weighted by Gasteiger charge is -2.24. The number of ether oxygens (including phenoxy) is 3. The quantitative estimate of drug-likeness (QED) is 0.0826. The summed E-state index contributed by atoms with van der Waals surface area (Å²) in [5.41, 5.74) is 9.71. The molecule has 7 N–H and O–H groups in total. The smallest absolute Gasteiger partial charge is 0.407 e. The summed E-state index contributed by atoms with van der Waals surface area (Å²) in [7, 11) is 0. The Morgan fingerprint density at radius 2 is 1.28 bits per heavy atom. The zero-order valence-electron chi connectivity index (χ0n) is 27.3. The number of H-pyrrole nitrogens is 2. The highest BCUT2D eigenvalue weighted by Gasteiger charge is 2.21. The van der Waals surface area contributed by atoms with E-state index < -0.39 is 23.9 Å². The highest BCUT2D eigenvalue weighted by molar-refractivity contribution is 5.84. The van der Waals surface area contributed by atoms with Crippen LogP contribution in [0.25, 0.3) is 21.8 Å². The molecule has 2 heterocycles. The summed E-state index contributed by atoms with van der Waals surface area (Å²) in [6.45, 7) is 13.3. The Morgan fingerprint density at radius 1 is 0.787 bits per heavy atom. The first-order chi connectivity index (χ1) is 22.5. The molecule has 0 aliphatic rings. The van der Waals surface area contributed by atoms with E-state index in [0.717, 1.165) is 32.9 Å². The molecule has 2 atom stereocenters. The summed E-state index contributed by atoms with van der Waals surface area (Å²) in [5.74, 6) is 0. The van der Waals surface area contributed by atoms with Crippen LogP contribution in [0.15, 0.2) is 86.2 Å². The third-order valence-electron chi connectivity index (χ3n) is 6.69. The van der Waals surface area contributed by atoms with Gasteiger partial charge in [-0.2, -0.15) is 0 Å². The van der Waals surface area contributed by atoms with E-state index in [0.29, 0.717) is 19.4 Å². The zero-order chi connectivity index (χ0) is 34.2. The third kappa shape index (κ3) is 12.6. The number of hydrogen-bond acceptors (Lipinski definition) is 7. The summed E-state index contributed by atoms with van der Waals surface area (Å²) >= 11 is 0. The van der Waals surface area contributed by atoms with Crippen LogP contribution in [0.5, 0.6) is 0 Å². The van der Waals surface area contributed by atoms with Crippen molar-refractivity contribution in [3.8, 4) is 0 Å². The Balaban J connectivity index is 0.000000267. The molecule has 12 nitrogen and oxygen atoms in total. The number of hydrogen-bond donors (Lipinski definition) is 6. The number of amides is 3. The predicted molar refractivity (Wildman–Crippen MR) is 184 cm³/mol. The lowest BCUT2D eigenvalue weighted by atomic mass is 10.0. The number of fused-ring (bicyclic) bond motifs is 2. The molecule has 0 radical (unpaired) electrons. The summed E-state index contributed by atoms with van der Waals surface area (Å²) < 4.78 is 15.1. The molecule has 252 valence electrons. The van der Waals surface area contributed by atoms with Crippen molar-refractivity contribution in [2.24, 2.45) is 5.73 Å². The van der Waals surface area contributed by atoms with Crippen molar-refractivity contribution in [3.05, 3.63) is 97.4 Å². The van der Waals surface area contributed by atoms with Crippen molar-refractivity contribution in [3.63, 3.8) is 0 Å². The molecule has 0 spiro atoms. The largest absolute Gasteiger partial charge is 0.445 e. The van der Waals surface area contributed by atoms with Gasteiger partial charge in [-0.05, 0) is 56.9 Å². The standard InChI is InChI=1S/C20H27N3O4.C15H19N3O2/c1-5-10-26-18(24)22-13-15(23-19(25)27-20(2,3)4)11-14-12-21-17-9-7-6-8-16(14)17;1-2-7-20-15(19)18-10-12(16)8-11-9-17-14-6-4-3-5-13(11)14/h5-9,12,15,21H,1,10-11,13H2,2-4H3,(H,22,24)(H,23,25);2-6,9,12,17H,1,7-8,10,16H2,(H,18,19)/t15-;12-/m11/s1. The van der Waals surface area contributed by atoms with E-state index in [1.165, 1.54) is 12.2 Å². The fourth-order valence-electron chi connectivity index (χ4n) is 4.66. The Hall–Kier alpha value is -5.23. The van der Waals surface area contributed by atoms with Crippen LogP contribution in [0.1, 0.15) is 31.9 Å². The molecule has 0 aliphatic heterocycles. The van der Waals surface area contributed by atoms with Gasteiger partial charge in [0.05, 0.1) is 6.04 Å². The van der Waals surface area contributed by atoms with Crippen molar-refractivity contribution < 1.29 is 28.6 Å². The molecular weight excluding hydrogens is 600 g/mol. The van der Waals surface area contributed by atoms with E-state index in [4.69, 9.17) is 19.9 Å². The molecule has 0 aliphatic carbocycles. The van der Waals surface area contributed by atoms with Gasteiger partial charge in [-0.15, -0.1) is 0 Å². The van der Waals surface area contributed by atoms with E-state index in [9.17, 15) is 14.4 Å². The highest BCUT2D eigenvalue weighted by atomic mass is 16.6.